The average Bonchev–Trinajstić information content (AvgIpc) is 2.93. The van der Waals surface area contributed by atoms with Crippen LogP contribution in [0.5, 0.6) is 0 Å². The first-order chi connectivity index (χ1) is 8.65. The Bertz CT molecular complexity index is 539. The maximum Gasteiger partial charge on any atom is 0.303 e. The number of anilines is 1. The van der Waals surface area contributed by atoms with Crippen LogP contribution in [-0.4, -0.2) is 16.1 Å². The first-order valence-corrected chi connectivity index (χ1v) is 7.82. The van der Waals surface area contributed by atoms with E-state index in [1.54, 1.807) is 11.3 Å². The summed E-state index contributed by atoms with van der Waals surface area (Å²) >= 11 is 6.66. The summed E-state index contributed by atoms with van der Waals surface area (Å²) in [5, 5.41) is 16.6. The van der Waals surface area contributed by atoms with Crippen molar-refractivity contribution in [2.45, 2.75) is 19.4 Å². The Kier molecular flexibility index (Phi) is 4.73. The van der Waals surface area contributed by atoms with Crippen molar-refractivity contribution in [2.75, 3.05) is 5.32 Å². The van der Waals surface area contributed by atoms with E-state index in [-0.39, 0.29) is 6.42 Å². The molecule has 0 bridgehead atoms. The Balaban J connectivity index is 1.87. The molecule has 0 unspecified atom stereocenters. The largest absolute Gasteiger partial charge is 0.481 e. The molecule has 2 aromatic rings. The van der Waals surface area contributed by atoms with Gasteiger partial charge in [0, 0.05) is 21.2 Å². The Hall–Kier alpha value is -0.920. The molecule has 0 saturated heterocycles. The van der Waals surface area contributed by atoms with Gasteiger partial charge in [-0.15, -0.1) is 22.7 Å². The highest BCUT2D eigenvalue weighted by molar-refractivity contribution is 9.10. The summed E-state index contributed by atoms with van der Waals surface area (Å²) in [5.74, 6) is -0.792. The van der Waals surface area contributed by atoms with E-state index in [1.807, 2.05) is 16.8 Å². The number of rotatable bonds is 6. The van der Waals surface area contributed by atoms with E-state index in [2.05, 4.69) is 26.2 Å². The number of aromatic nitrogens is 1. The molecule has 0 saturated carbocycles. The van der Waals surface area contributed by atoms with Crippen molar-refractivity contribution in [3.8, 4) is 0 Å². The minimum Gasteiger partial charge on any atom is -0.481 e. The summed E-state index contributed by atoms with van der Waals surface area (Å²) < 4.78 is 1.10. The van der Waals surface area contributed by atoms with E-state index >= 15 is 0 Å². The Morgan fingerprint density at radius 3 is 3.00 bits per heavy atom. The predicted molar refractivity (Wildman–Crippen MR) is 77.4 cm³/mol. The van der Waals surface area contributed by atoms with Gasteiger partial charge in [0.1, 0.15) is 0 Å². The molecule has 0 radical (unpaired) electrons. The van der Waals surface area contributed by atoms with Crippen LogP contribution in [0, 0.1) is 0 Å². The number of carboxylic acid groups (broad SMARTS) is 1. The van der Waals surface area contributed by atoms with Crippen LogP contribution in [0.4, 0.5) is 5.13 Å². The van der Waals surface area contributed by atoms with Crippen molar-refractivity contribution < 1.29 is 9.90 Å². The van der Waals surface area contributed by atoms with Gasteiger partial charge in [0.15, 0.2) is 5.13 Å². The summed E-state index contributed by atoms with van der Waals surface area (Å²) in [6, 6.07) is 2.02. The average molecular weight is 347 g/mol. The molecule has 2 heterocycles. The third kappa shape index (κ3) is 3.79. The number of hydrogen-bond donors (Lipinski definition) is 2. The summed E-state index contributed by atoms with van der Waals surface area (Å²) in [6.07, 6.45) is 0.607. The molecule has 0 aliphatic heterocycles. The van der Waals surface area contributed by atoms with Crippen LogP contribution in [0.25, 0.3) is 0 Å². The summed E-state index contributed by atoms with van der Waals surface area (Å²) in [4.78, 5) is 16.0. The van der Waals surface area contributed by atoms with Gasteiger partial charge in [0.05, 0.1) is 18.7 Å². The zero-order chi connectivity index (χ0) is 13.0. The van der Waals surface area contributed by atoms with Gasteiger partial charge in [0.2, 0.25) is 0 Å². The lowest BCUT2D eigenvalue weighted by atomic mass is 10.2. The third-order valence-corrected chi connectivity index (χ3v) is 5.01. The molecule has 2 aromatic heterocycles. The fourth-order valence-corrected chi connectivity index (χ4v) is 3.52. The molecule has 0 fully saturated rings. The molecule has 0 aliphatic rings. The van der Waals surface area contributed by atoms with Crippen LogP contribution in [0.3, 0.4) is 0 Å². The lowest BCUT2D eigenvalue weighted by Gasteiger charge is -2.00. The molecule has 0 spiro atoms. The Morgan fingerprint density at radius 2 is 2.33 bits per heavy atom. The molecule has 0 amide bonds. The molecule has 0 aromatic carbocycles. The van der Waals surface area contributed by atoms with Gasteiger partial charge in [-0.25, -0.2) is 4.98 Å². The number of nitrogens with one attached hydrogen (secondary N) is 1. The van der Waals surface area contributed by atoms with Gasteiger partial charge >= 0.3 is 5.97 Å². The molecule has 96 valence electrons. The monoisotopic (exact) mass is 346 g/mol. The maximum atomic E-state index is 10.5. The lowest BCUT2D eigenvalue weighted by Crippen LogP contribution is -1.99. The molecule has 0 atom stereocenters. The number of carboxylic acids is 1. The van der Waals surface area contributed by atoms with Gasteiger partial charge in [-0.3, -0.25) is 4.79 Å². The molecule has 18 heavy (non-hydrogen) atoms. The predicted octanol–water partition coefficient (Wildman–Crippen LogP) is 3.60. The highest BCUT2D eigenvalue weighted by atomic mass is 79.9. The fourth-order valence-electron chi connectivity index (χ4n) is 1.35. The summed E-state index contributed by atoms with van der Waals surface area (Å²) in [7, 11) is 0. The second-order valence-electron chi connectivity index (χ2n) is 3.58. The number of thiazole rings is 1. The number of thiophene rings is 1. The molecule has 7 heteroatoms. The highest BCUT2D eigenvalue weighted by Crippen LogP contribution is 2.24. The SMILES string of the molecule is O=C(O)CCc1csc(NCc2sccc2Br)n1. The highest BCUT2D eigenvalue weighted by Gasteiger charge is 2.06. The number of carbonyl (C=O) groups is 1. The van der Waals surface area contributed by atoms with Crippen molar-refractivity contribution in [3.05, 3.63) is 31.9 Å². The smallest absolute Gasteiger partial charge is 0.303 e. The van der Waals surface area contributed by atoms with Gasteiger partial charge < -0.3 is 10.4 Å². The standard InChI is InChI=1S/C11H11BrN2O2S2/c12-8-3-4-17-9(8)5-13-11-14-7(6-18-11)1-2-10(15)16/h3-4,6H,1-2,5H2,(H,13,14)(H,15,16). The second-order valence-corrected chi connectivity index (χ2v) is 6.30. The molecule has 0 aliphatic carbocycles. The van der Waals surface area contributed by atoms with Crippen LogP contribution in [-0.2, 0) is 17.8 Å². The van der Waals surface area contributed by atoms with Crippen molar-refractivity contribution >= 4 is 49.7 Å². The van der Waals surface area contributed by atoms with Crippen LogP contribution >= 0.6 is 38.6 Å². The van der Waals surface area contributed by atoms with E-state index in [4.69, 9.17) is 5.11 Å². The van der Waals surface area contributed by atoms with Crippen LogP contribution in [0.1, 0.15) is 17.0 Å². The normalized spacial score (nSPS) is 10.5. The summed E-state index contributed by atoms with van der Waals surface area (Å²) in [6.45, 7) is 0.726. The van der Waals surface area contributed by atoms with E-state index in [0.29, 0.717) is 6.42 Å². The zero-order valence-corrected chi connectivity index (χ0v) is 12.6. The number of hydrogen-bond acceptors (Lipinski definition) is 5. The lowest BCUT2D eigenvalue weighted by molar-refractivity contribution is -0.136. The first-order valence-electron chi connectivity index (χ1n) is 5.27. The molecule has 4 nitrogen and oxygen atoms in total. The number of aryl methyl sites for hydroxylation is 1. The van der Waals surface area contributed by atoms with Gasteiger partial charge in [-0.05, 0) is 27.4 Å². The van der Waals surface area contributed by atoms with E-state index in [9.17, 15) is 4.79 Å². The molecule has 2 rings (SSSR count). The van der Waals surface area contributed by atoms with Crippen molar-refractivity contribution in [3.63, 3.8) is 0 Å². The third-order valence-electron chi connectivity index (χ3n) is 2.24. The zero-order valence-electron chi connectivity index (χ0n) is 9.35. The van der Waals surface area contributed by atoms with Crippen LogP contribution < -0.4 is 5.32 Å². The maximum absolute atomic E-state index is 10.5. The van der Waals surface area contributed by atoms with Gasteiger partial charge in [0.25, 0.3) is 0 Å². The Morgan fingerprint density at radius 1 is 1.50 bits per heavy atom. The van der Waals surface area contributed by atoms with E-state index in [0.717, 1.165) is 21.8 Å². The minimum atomic E-state index is -0.792. The minimum absolute atomic E-state index is 0.125. The quantitative estimate of drug-likeness (QED) is 0.838. The van der Waals surface area contributed by atoms with Crippen molar-refractivity contribution in [2.24, 2.45) is 0 Å². The van der Waals surface area contributed by atoms with Gasteiger partial charge in [-0.1, -0.05) is 0 Å². The van der Waals surface area contributed by atoms with E-state index < -0.39 is 5.97 Å². The van der Waals surface area contributed by atoms with Crippen molar-refractivity contribution in [1.82, 2.24) is 4.98 Å². The van der Waals surface area contributed by atoms with Crippen LogP contribution in [0.15, 0.2) is 21.3 Å². The molecular formula is C11H11BrN2O2S2. The molecule has 2 N–H and O–H groups in total. The number of nitrogens with zero attached hydrogens (tertiary/aromatic N) is 1. The molecular weight excluding hydrogens is 336 g/mol. The first kappa shape index (κ1) is 13.5. The van der Waals surface area contributed by atoms with Crippen molar-refractivity contribution in [1.29, 1.82) is 0 Å². The number of halogens is 1. The summed E-state index contributed by atoms with van der Waals surface area (Å²) in [5.41, 5.74) is 0.829. The number of aliphatic carboxylic acids is 1. The Labute approximate surface area is 121 Å². The van der Waals surface area contributed by atoms with E-state index in [1.165, 1.54) is 16.2 Å². The van der Waals surface area contributed by atoms with Crippen LogP contribution in [0.2, 0.25) is 0 Å². The topological polar surface area (TPSA) is 62.2 Å². The van der Waals surface area contributed by atoms with Gasteiger partial charge in [-0.2, -0.15) is 0 Å². The second kappa shape index (κ2) is 6.31. The fraction of sp³-hybridized carbons (Fsp3) is 0.273.